The summed E-state index contributed by atoms with van der Waals surface area (Å²) < 4.78 is 7.50. The van der Waals surface area contributed by atoms with Crippen LogP contribution in [0.3, 0.4) is 0 Å². The first-order chi connectivity index (χ1) is 15.5. The molecule has 1 aromatic heterocycles. The van der Waals surface area contributed by atoms with Crippen molar-refractivity contribution in [2.75, 3.05) is 20.2 Å². The number of hydrogen-bond donors (Lipinski definition) is 1. The molecule has 4 heterocycles. The molecule has 3 aromatic rings. The lowest BCUT2D eigenvalue weighted by Crippen LogP contribution is -2.67. The Bertz CT molecular complexity index is 1150. The van der Waals surface area contributed by atoms with Crippen LogP contribution in [0.5, 0.6) is 5.75 Å². The number of nitrogens with zero attached hydrogens (tertiary/aromatic N) is 2. The van der Waals surface area contributed by atoms with E-state index in [0.717, 1.165) is 57.2 Å². The van der Waals surface area contributed by atoms with Gasteiger partial charge in [0.25, 0.3) is 0 Å². The molecule has 3 fully saturated rings. The van der Waals surface area contributed by atoms with Gasteiger partial charge < -0.3 is 14.3 Å². The summed E-state index contributed by atoms with van der Waals surface area (Å²) >= 11 is 3.76. The van der Waals surface area contributed by atoms with Gasteiger partial charge >= 0.3 is 0 Å². The van der Waals surface area contributed by atoms with Gasteiger partial charge in [0.2, 0.25) is 0 Å². The van der Waals surface area contributed by atoms with E-state index in [-0.39, 0.29) is 6.04 Å². The van der Waals surface area contributed by atoms with Crippen LogP contribution < -0.4 is 4.74 Å². The van der Waals surface area contributed by atoms with E-state index < -0.39 is 6.10 Å². The van der Waals surface area contributed by atoms with Crippen LogP contribution in [-0.4, -0.2) is 40.8 Å². The quantitative estimate of drug-likeness (QED) is 0.356. The Labute approximate surface area is 198 Å². The van der Waals surface area contributed by atoms with Crippen LogP contribution in [0.4, 0.5) is 0 Å². The minimum atomic E-state index is -0.566. The van der Waals surface area contributed by atoms with Crippen molar-refractivity contribution < 1.29 is 14.3 Å². The zero-order chi connectivity index (χ0) is 22.3. The third-order valence-corrected chi connectivity index (χ3v) is 8.56. The molecule has 0 amide bonds. The number of aromatic nitrogens is 1. The van der Waals surface area contributed by atoms with Crippen molar-refractivity contribution in [2.45, 2.75) is 31.5 Å². The molecular weight excluding hydrogens is 464 g/mol. The van der Waals surface area contributed by atoms with Crippen LogP contribution in [0.25, 0.3) is 10.9 Å². The lowest BCUT2D eigenvalue weighted by Gasteiger charge is -2.58. The van der Waals surface area contributed by atoms with Crippen molar-refractivity contribution in [3.05, 3.63) is 83.0 Å². The van der Waals surface area contributed by atoms with Gasteiger partial charge in [-0.15, -0.1) is 6.58 Å². The maximum Gasteiger partial charge on any atom is 0.131 e. The Morgan fingerprint density at radius 3 is 2.91 bits per heavy atom. The van der Waals surface area contributed by atoms with Gasteiger partial charge in [0.1, 0.15) is 24.4 Å². The van der Waals surface area contributed by atoms with Crippen LogP contribution in [0, 0.1) is 11.8 Å². The number of pyridine rings is 1. The third-order valence-electron chi connectivity index (χ3n) is 7.78. The van der Waals surface area contributed by atoms with E-state index in [0.29, 0.717) is 11.8 Å². The minimum absolute atomic E-state index is 0.133. The van der Waals surface area contributed by atoms with Gasteiger partial charge in [0.15, 0.2) is 0 Å². The predicted octanol–water partition coefficient (Wildman–Crippen LogP) is 5.65. The number of methoxy groups -OCH3 is 1. The fourth-order valence-electron chi connectivity index (χ4n) is 6.09. The number of piperidine rings is 3. The molecule has 2 bridgehead atoms. The Hall–Kier alpha value is -2.21. The second-order valence-corrected chi connectivity index (χ2v) is 10.2. The van der Waals surface area contributed by atoms with Crippen molar-refractivity contribution in [1.82, 2.24) is 4.98 Å². The lowest BCUT2D eigenvalue weighted by molar-refractivity contribution is -0.985. The van der Waals surface area contributed by atoms with Gasteiger partial charge in [-0.25, -0.2) is 0 Å². The molecule has 5 atom stereocenters. The largest absolute Gasteiger partial charge is 0.497 e. The van der Waals surface area contributed by atoms with Crippen LogP contribution in [-0.2, 0) is 6.54 Å². The summed E-state index contributed by atoms with van der Waals surface area (Å²) in [6, 6.07) is 16.5. The Balaban J connectivity index is 1.57. The van der Waals surface area contributed by atoms with E-state index in [2.05, 4.69) is 57.8 Å². The molecule has 3 aliphatic rings. The van der Waals surface area contributed by atoms with E-state index in [1.54, 1.807) is 7.11 Å². The second kappa shape index (κ2) is 8.62. The van der Waals surface area contributed by atoms with E-state index in [1.165, 1.54) is 12.0 Å². The van der Waals surface area contributed by atoms with Crippen LogP contribution in [0.15, 0.2) is 71.9 Å². The molecule has 0 radical (unpaired) electrons. The molecule has 4 nitrogen and oxygen atoms in total. The monoisotopic (exact) mass is 493 g/mol. The molecule has 3 aliphatic heterocycles. The standard InChI is InChI=1S/C27H30BrN2O2/c1-3-18-16-30(17-20-6-4-5-7-24(20)28)13-11-19(18)14-26(30)27(31)22-10-12-29-25-9-8-21(32-2)15-23(22)25/h3-10,12,15,18-19,26-27,31H,1,11,13-14,16-17H2,2H3/q+1/t18-,19-,26-,27+,30?/m0/s1. The molecule has 0 saturated carbocycles. The highest BCUT2D eigenvalue weighted by Crippen LogP contribution is 2.48. The summed E-state index contributed by atoms with van der Waals surface area (Å²) in [4.78, 5) is 4.52. The van der Waals surface area contributed by atoms with Crippen molar-refractivity contribution in [2.24, 2.45) is 11.8 Å². The number of benzene rings is 2. The maximum atomic E-state index is 11.9. The van der Waals surface area contributed by atoms with Crippen LogP contribution in [0.2, 0.25) is 0 Å². The number of hydrogen-bond acceptors (Lipinski definition) is 3. The highest BCUT2D eigenvalue weighted by Gasteiger charge is 2.54. The Kier molecular flexibility index (Phi) is 5.82. The number of rotatable bonds is 6. The van der Waals surface area contributed by atoms with Gasteiger partial charge in [-0.05, 0) is 41.8 Å². The van der Waals surface area contributed by atoms with E-state index in [1.807, 2.05) is 30.5 Å². The van der Waals surface area contributed by atoms with E-state index in [9.17, 15) is 5.11 Å². The summed E-state index contributed by atoms with van der Waals surface area (Å²) in [6.07, 6.45) is 5.59. The average Bonchev–Trinajstić information content (AvgIpc) is 2.84. The number of halogens is 1. The van der Waals surface area contributed by atoms with Gasteiger partial charge in [-0.2, -0.15) is 0 Å². The maximum absolute atomic E-state index is 11.9. The molecular formula is C27H30BrN2O2+. The number of fused-ring (bicyclic) bond motifs is 4. The van der Waals surface area contributed by atoms with E-state index >= 15 is 0 Å². The molecule has 166 valence electrons. The number of ether oxygens (including phenoxy) is 1. The Morgan fingerprint density at radius 1 is 1.28 bits per heavy atom. The fraction of sp³-hybridized carbons (Fsp3) is 0.370. The normalized spacial score (nSPS) is 27.9. The van der Waals surface area contributed by atoms with Gasteiger partial charge in [0, 0.05) is 40.4 Å². The second-order valence-electron chi connectivity index (χ2n) is 9.35. The summed E-state index contributed by atoms with van der Waals surface area (Å²) in [5.41, 5.74) is 3.14. The molecule has 1 unspecified atom stereocenters. The Morgan fingerprint density at radius 2 is 2.12 bits per heavy atom. The summed E-state index contributed by atoms with van der Waals surface area (Å²) in [6.45, 7) is 7.17. The summed E-state index contributed by atoms with van der Waals surface area (Å²) in [7, 11) is 1.67. The fourth-order valence-corrected chi connectivity index (χ4v) is 6.50. The van der Waals surface area contributed by atoms with Crippen molar-refractivity contribution in [3.8, 4) is 5.75 Å². The lowest BCUT2D eigenvalue weighted by atomic mass is 9.71. The predicted molar refractivity (Wildman–Crippen MR) is 131 cm³/mol. The number of aliphatic hydroxyl groups excluding tert-OH is 1. The zero-order valence-corrected chi connectivity index (χ0v) is 20.0. The molecule has 3 saturated heterocycles. The molecule has 0 aliphatic carbocycles. The molecule has 1 N–H and O–H groups in total. The number of quaternary nitrogens is 1. The SMILES string of the molecule is C=C[C@H]1C[N+]2(Cc3ccccc3Br)CC[C@H]1C[C@H]2[C@H](O)c1ccnc2ccc(OC)cc12. The van der Waals surface area contributed by atoms with Crippen molar-refractivity contribution in [3.63, 3.8) is 0 Å². The van der Waals surface area contributed by atoms with Crippen LogP contribution >= 0.6 is 15.9 Å². The van der Waals surface area contributed by atoms with Crippen molar-refractivity contribution >= 4 is 26.8 Å². The minimum Gasteiger partial charge on any atom is -0.497 e. The highest BCUT2D eigenvalue weighted by atomic mass is 79.9. The van der Waals surface area contributed by atoms with Gasteiger partial charge in [-0.3, -0.25) is 4.98 Å². The van der Waals surface area contributed by atoms with Gasteiger partial charge in [0.05, 0.1) is 25.7 Å². The first-order valence-corrected chi connectivity index (χ1v) is 12.2. The molecule has 0 spiro atoms. The average molecular weight is 494 g/mol. The third kappa shape index (κ3) is 3.66. The van der Waals surface area contributed by atoms with Gasteiger partial charge in [-0.1, -0.05) is 40.2 Å². The number of aliphatic hydroxyl groups is 1. The zero-order valence-electron chi connectivity index (χ0n) is 18.5. The summed E-state index contributed by atoms with van der Waals surface area (Å²) in [5.74, 6) is 1.88. The topological polar surface area (TPSA) is 42.4 Å². The molecule has 6 rings (SSSR count). The molecule has 5 heteroatoms. The molecule has 2 aromatic carbocycles. The van der Waals surface area contributed by atoms with Crippen molar-refractivity contribution in [1.29, 1.82) is 0 Å². The first-order valence-electron chi connectivity index (χ1n) is 11.4. The van der Waals surface area contributed by atoms with E-state index in [4.69, 9.17) is 4.74 Å². The summed E-state index contributed by atoms with van der Waals surface area (Å²) in [5, 5.41) is 12.9. The van der Waals surface area contributed by atoms with Crippen LogP contribution in [0.1, 0.15) is 30.1 Å². The highest BCUT2D eigenvalue weighted by molar-refractivity contribution is 9.10. The first kappa shape index (κ1) is 21.6. The molecule has 32 heavy (non-hydrogen) atoms. The smallest absolute Gasteiger partial charge is 0.131 e.